The second kappa shape index (κ2) is 7.10. The van der Waals surface area contributed by atoms with E-state index in [2.05, 4.69) is 15.9 Å². The van der Waals surface area contributed by atoms with Gasteiger partial charge < -0.3 is 9.64 Å². The van der Waals surface area contributed by atoms with Crippen LogP contribution in [-0.4, -0.2) is 24.5 Å². The highest BCUT2D eigenvalue weighted by Gasteiger charge is 2.10. The Morgan fingerprint density at radius 3 is 2.45 bits per heavy atom. The molecule has 0 aliphatic rings. The van der Waals surface area contributed by atoms with Gasteiger partial charge in [0.25, 0.3) is 5.91 Å². The van der Waals surface area contributed by atoms with Crippen LogP contribution in [0, 0.1) is 0 Å². The fourth-order valence-electron chi connectivity index (χ4n) is 1.76. The van der Waals surface area contributed by atoms with E-state index in [1.807, 2.05) is 54.6 Å². The predicted molar refractivity (Wildman–Crippen MR) is 82.6 cm³/mol. The lowest BCUT2D eigenvalue weighted by Crippen LogP contribution is -2.30. The van der Waals surface area contributed by atoms with Crippen molar-refractivity contribution in [3.8, 4) is 5.75 Å². The predicted octanol–water partition coefficient (Wildman–Crippen LogP) is 3.49. The van der Waals surface area contributed by atoms with Crippen LogP contribution in [-0.2, 0) is 11.3 Å². The van der Waals surface area contributed by atoms with Crippen LogP contribution in [0.2, 0.25) is 0 Å². The van der Waals surface area contributed by atoms with Crippen LogP contribution in [0.1, 0.15) is 5.56 Å². The molecular weight excluding hydrogens is 318 g/mol. The average Bonchev–Trinajstić information content (AvgIpc) is 2.47. The summed E-state index contributed by atoms with van der Waals surface area (Å²) in [6, 6.07) is 17.4. The molecule has 0 spiro atoms. The van der Waals surface area contributed by atoms with Crippen molar-refractivity contribution in [1.29, 1.82) is 0 Å². The number of halogens is 1. The first-order chi connectivity index (χ1) is 9.66. The Morgan fingerprint density at radius 1 is 1.10 bits per heavy atom. The van der Waals surface area contributed by atoms with E-state index in [4.69, 9.17) is 4.74 Å². The minimum absolute atomic E-state index is 0.0337. The molecule has 0 bridgehead atoms. The number of hydrogen-bond donors (Lipinski definition) is 0. The number of likely N-dealkylation sites (N-methyl/N-ethyl adjacent to an activating group) is 1. The van der Waals surface area contributed by atoms with E-state index in [1.54, 1.807) is 11.9 Å². The topological polar surface area (TPSA) is 29.5 Å². The van der Waals surface area contributed by atoms with E-state index in [9.17, 15) is 4.79 Å². The summed E-state index contributed by atoms with van der Waals surface area (Å²) in [4.78, 5) is 13.7. The van der Waals surface area contributed by atoms with Crippen molar-refractivity contribution in [2.45, 2.75) is 6.54 Å². The molecule has 0 saturated heterocycles. The first kappa shape index (κ1) is 14.6. The van der Waals surface area contributed by atoms with Crippen LogP contribution in [0.25, 0.3) is 0 Å². The summed E-state index contributed by atoms with van der Waals surface area (Å²) in [5.74, 6) is 0.624. The smallest absolute Gasteiger partial charge is 0.260 e. The van der Waals surface area contributed by atoms with Gasteiger partial charge >= 0.3 is 0 Å². The maximum atomic E-state index is 12.0. The van der Waals surface area contributed by atoms with E-state index in [0.29, 0.717) is 12.3 Å². The summed E-state index contributed by atoms with van der Waals surface area (Å²) < 4.78 is 6.37. The number of rotatable bonds is 5. The molecule has 3 nitrogen and oxygen atoms in total. The van der Waals surface area contributed by atoms with Crippen molar-refractivity contribution in [2.75, 3.05) is 13.7 Å². The zero-order valence-electron chi connectivity index (χ0n) is 11.3. The van der Waals surface area contributed by atoms with Gasteiger partial charge in [0.1, 0.15) is 5.75 Å². The van der Waals surface area contributed by atoms with Crippen LogP contribution >= 0.6 is 15.9 Å². The van der Waals surface area contributed by atoms with Gasteiger partial charge in [-0.25, -0.2) is 0 Å². The first-order valence-corrected chi connectivity index (χ1v) is 7.11. The van der Waals surface area contributed by atoms with Gasteiger partial charge in [0.2, 0.25) is 0 Å². The highest BCUT2D eigenvalue weighted by Crippen LogP contribution is 2.23. The first-order valence-electron chi connectivity index (χ1n) is 6.32. The van der Waals surface area contributed by atoms with Gasteiger partial charge in [0, 0.05) is 13.6 Å². The van der Waals surface area contributed by atoms with Crippen molar-refractivity contribution >= 4 is 21.8 Å². The molecule has 0 heterocycles. The van der Waals surface area contributed by atoms with Crippen LogP contribution in [0.3, 0.4) is 0 Å². The zero-order valence-corrected chi connectivity index (χ0v) is 12.8. The molecule has 0 unspecified atom stereocenters. The lowest BCUT2D eigenvalue weighted by Gasteiger charge is -2.17. The van der Waals surface area contributed by atoms with Gasteiger partial charge in [0.05, 0.1) is 4.47 Å². The van der Waals surface area contributed by atoms with E-state index in [1.165, 1.54) is 0 Å². The maximum Gasteiger partial charge on any atom is 0.260 e. The maximum absolute atomic E-state index is 12.0. The van der Waals surface area contributed by atoms with Crippen LogP contribution in [0.15, 0.2) is 59.1 Å². The Morgan fingerprint density at radius 2 is 1.75 bits per heavy atom. The van der Waals surface area contributed by atoms with Gasteiger partial charge in [0.15, 0.2) is 6.61 Å². The fourth-order valence-corrected chi connectivity index (χ4v) is 2.16. The third-order valence-corrected chi connectivity index (χ3v) is 3.53. The standard InChI is InChI=1S/C16H16BrNO2/c1-18(11-13-7-3-2-4-8-13)16(19)12-20-15-10-6-5-9-14(15)17/h2-10H,11-12H2,1H3. The number of hydrogen-bond acceptors (Lipinski definition) is 2. The summed E-state index contributed by atoms with van der Waals surface area (Å²) in [5, 5.41) is 0. The molecule has 0 aliphatic carbocycles. The minimum atomic E-state index is -0.0513. The monoisotopic (exact) mass is 333 g/mol. The van der Waals surface area contributed by atoms with Gasteiger partial charge in [-0.1, -0.05) is 42.5 Å². The fraction of sp³-hybridized carbons (Fsp3) is 0.188. The molecule has 4 heteroatoms. The Labute approximate surface area is 127 Å². The number of carbonyl (C=O) groups excluding carboxylic acids is 1. The number of ether oxygens (including phenoxy) is 1. The van der Waals surface area contributed by atoms with Crippen LogP contribution in [0.4, 0.5) is 0 Å². The van der Waals surface area contributed by atoms with Crippen molar-refractivity contribution in [3.05, 3.63) is 64.6 Å². The Bertz CT molecular complexity index is 572. The molecule has 1 amide bonds. The van der Waals surface area contributed by atoms with E-state index in [-0.39, 0.29) is 12.5 Å². The van der Waals surface area contributed by atoms with Crippen LogP contribution < -0.4 is 4.74 Å². The van der Waals surface area contributed by atoms with Crippen molar-refractivity contribution in [2.24, 2.45) is 0 Å². The summed E-state index contributed by atoms with van der Waals surface area (Å²) in [5.41, 5.74) is 1.10. The molecule has 2 aromatic rings. The molecule has 0 N–H and O–H groups in total. The third kappa shape index (κ3) is 4.10. The third-order valence-electron chi connectivity index (χ3n) is 2.88. The zero-order chi connectivity index (χ0) is 14.4. The van der Waals surface area contributed by atoms with Gasteiger partial charge in [-0.15, -0.1) is 0 Å². The number of amides is 1. The van der Waals surface area contributed by atoms with Crippen molar-refractivity contribution in [3.63, 3.8) is 0 Å². The molecule has 0 fully saturated rings. The lowest BCUT2D eigenvalue weighted by molar-refractivity contribution is -0.132. The molecule has 104 valence electrons. The molecule has 20 heavy (non-hydrogen) atoms. The SMILES string of the molecule is CN(Cc1ccccc1)C(=O)COc1ccccc1Br. The molecule has 2 aromatic carbocycles. The summed E-state index contributed by atoms with van der Waals surface area (Å²) >= 11 is 3.39. The largest absolute Gasteiger partial charge is 0.483 e. The van der Waals surface area contributed by atoms with Crippen molar-refractivity contribution in [1.82, 2.24) is 4.90 Å². The summed E-state index contributed by atoms with van der Waals surface area (Å²) in [6.07, 6.45) is 0. The molecule has 0 aliphatic heterocycles. The van der Waals surface area contributed by atoms with Gasteiger partial charge in [-0.2, -0.15) is 0 Å². The molecule has 0 aromatic heterocycles. The molecular formula is C16H16BrNO2. The van der Waals surface area contributed by atoms with Gasteiger partial charge in [-0.05, 0) is 33.6 Å². The highest BCUT2D eigenvalue weighted by molar-refractivity contribution is 9.10. The average molecular weight is 334 g/mol. The number of benzene rings is 2. The van der Waals surface area contributed by atoms with Crippen molar-refractivity contribution < 1.29 is 9.53 Å². The second-order valence-corrected chi connectivity index (χ2v) is 5.31. The quantitative estimate of drug-likeness (QED) is 0.838. The number of nitrogens with zero attached hydrogens (tertiary/aromatic N) is 1. The normalized spacial score (nSPS) is 10.1. The molecule has 0 radical (unpaired) electrons. The van der Waals surface area contributed by atoms with E-state index >= 15 is 0 Å². The van der Waals surface area contributed by atoms with Crippen LogP contribution in [0.5, 0.6) is 5.75 Å². The lowest BCUT2D eigenvalue weighted by atomic mass is 10.2. The number of carbonyl (C=O) groups is 1. The Balaban J connectivity index is 1.87. The van der Waals surface area contributed by atoms with E-state index in [0.717, 1.165) is 10.0 Å². The molecule has 2 rings (SSSR count). The number of para-hydroxylation sites is 1. The van der Waals surface area contributed by atoms with Gasteiger partial charge in [-0.3, -0.25) is 4.79 Å². The summed E-state index contributed by atoms with van der Waals surface area (Å²) in [6.45, 7) is 0.616. The molecule has 0 atom stereocenters. The minimum Gasteiger partial charge on any atom is -0.483 e. The van der Waals surface area contributed by atoms with E-state index < -0.39 is 0 Å². The highest BCUT2D eigenvalue weighted by atomic mass is 79.9. The molecule has 0 saturated carbocycles. The second-order valence-electron chi connectivity index (χ2n) is 4.45. The Hall–Kier alpha value is -1.81. The summed E-state index contributed by atoms with van der Waals surface area (Å²) in [7, 11) is 1.78. The Kier molecular flexibility index (Phi) is 5.18.